The monoisotopic (exact) mass is 154 g/mol. The van der Waals surface area contributed by atoms with Crippen molar-refractivity contribution in [3.8, 4) is 0 Å². The third kappa shape index (κ3) is 1.98. The average molecular weight is 154 g/mol. The van der Waals surface area contributed by atoms with Gasteiger partial charge in [0.15, 0.2) is 0 Å². The maximum absolute atomic E-state index is 2.47. The molecular weight excluding hydrogens is 132 g/mol. The first-order valence-electron chi connectivity index (χ1n) is 5.12. The second-order valence-corrected chi connectivity index (χ2v) is 4.68. The van der Waals surface area contributed by atoms with E-state index in [-0.39, 0.29) is 0 Å². The fourth-order valence-corrected chi connectivity index (χ4v) is 2.33. The Morgan fingerprint density at radius 1 is 1.45 bits per heavy atom. The Morgan fingerprint density at radius 2 is 2.09 bits per heavy atom. The van der Waals surface area contributed by atoms with Gasteiger partial charge < -0.3 is 0 Å². The van der Waals surface area contributed by atoms with Crippen LogP contribution in [0.2, 0.25) is 0 Å². The summed E-state index contributed by atoms with van der Waals surface area (Å²) in [6.45, 7) is 9.48. The molecule has 1 rings (SSSR count). The van der Waals surface area contributed by atoms with E-state index >= 15 is 0 Å². The summed E-state index contributed by atoms with van der Waals surface area (Å²) in [5.41, 5.74) is 0.740. The van der Waals surface area contributed by atoms with E-state index in [0.717, 1.165) is 17.3 Å². The Kier molecular flexibility index (Phi) is 2.61. The van der Waals surface area contributed by atoms with Crippen LogP contribution < -0.4 is 0 Å². The summed E-state index contributed by atoms with van der Waals surface area (Å²) in [6.07, 6.45) is 5.70. The summed E-state index contributed by atoms with van der Waals surface area (Å²) in [6, 6.07) is 0. The van der Waals surface area contributed by atoms with Crippen LogP contribution >= 0.6 is 0 Å². The molecule has 0 saturated heterocycles. The van der Waals surface area contributed by atoms with E-state index in [9.17, 15) is 0 Å². The highest BCUT2D eigenvalue weighted by Crippen LogP contribution is 2.58. The van der Waals surface area contributed by atoms with Gasteiger partial charge in [0.2, 0.25) is 0 Å². The molecule has 66 valence electrons. The SMILES string of the molecule is CCC(C)CC1(C)CC1CC. The Labute approximate surface area is 71.4 Å². The van der Waals surface area contributed by atoms with Gasteiger partial charge in [-0.25, -0.2) is 0 Å². The summed E-state index contributed by atoms with van der Waals surface area (Å²) < 4.78 is 0. The van der Waals surface area contributed by atoms with Crippen LogP contribution in [0.25, 0.3) is 0 Å². The summed E-state index contributed by atoms with van der Waals surface area (Å²) >= 11 is 0. The van der Waals surface area contributed by atoms with Gasteiger partial charge in [-0.15, -0.1) is 0 Å². The van der Waals surface area contributed by atoms with Crippen molar-refractivity contribution in [3.05, 3.63) is 0 Å². The first-order valence-corrected chi connectivity index (χ1v) is 5.12. The molecule has 1 aliphatic rings. The molecule has 11 heavy (non-hydrogen) atoms. The van der Waals surface area contributed by atoms with Gasteiger partial charge in [0.05, 0.1) is 0 Å². The smallest absolute Gasteiger partial charge is 0.0292 e. The van der Waals surface area contributed by atoms with Gasteiger partial charge in [-0.2, -0.15) is 0 Å². The van der Waals surface area contributed by atoms with E-state index in [4.69, 9.17) is 0 Å². The predicted octanol–water partition coefficient (Wildman–Crippen LogP) is 3.86. The van der Waals surface area contributed by atoms with Crippen molar-refractivity contribution in [3.63, 3.8) is 0 Å². The number of hydrogen-bond donors (Lipinski definition) is 0. The lowest BCUT2D eigenvalue weighted by molar-refractivity contribution is 0.359. The zero-order valence-corrected chi connectivity index (χ0v) is 8.48. The molecule has 3 unspecified atom stereocenters. The van der Waals surface area contributed by atoms with Crippen LogP contribution in [-0.4, -0.2) is 0 Å². The van der Waals surface area contributed by atoms with Crippen molar-refractivity contribution in [2.75, 3.05) is 0 Å². The van der Waals surface area contributed by atoms with Crippen molar-refractivity contribution >= 4 is 0 Å². The molecule has 0 amide bonds. The van der Waals surface area contributed by atoms with E-state index in [0.29, 0.717) is 0 Å². The number of hydrogen-bond acceptors (Lipinski definition) is 0. The molecule has 0 radical (unpaired) electrons. The standard InChI is InChI=1S/C11H22/c1-5-9(3)7-11(4)8-10(11)6-2/h9-10H,5-8H2,1-4H3. The Bertz CT molecular complexity index is 128. The molecule has 0 N–H and O–H groups in total. The van der Waals surface area contributed by atoms with Crippen LogP contribution in [0, 0.1) is 17.3 Å². The molecule has 1 saturated carbocycles. The molecule has 0 aromatic carbocycles. The van der Waals surface area contributed by atoms with E-state index in [2.05, 4.69) is 27.7 Å². The third-order valence-electron chi connectivity index (χ3n) is 3.54. The fourth-order valence-electron chi connectivity index (χ4n) is 2.33. The molecular formula is C11H22. The van der Waals surface area contributed by atoms with Gasteiger partial charge in [0.1, 0.15) is 0 Å². The van der Waals surface area contributed by atoms with Gasteiger partial charge in [0, 0.05) is 0 Å². The summed E-state index contributed by atoms with van der Waals surface area (Å²) in [7, 11) is 0. The normalized spacial score (nSPS) is 38.7. The van der Waals surface area contributed by atoms with Crippen LogP contribution in [0.4, 0.5) is 0 Å². The second-order valence-electron chi connectivity index (χ2n) is 4.68. The topological polar surface area (TPSA) is 0 Å². The highest BCUT2D eigenvalue weighted by molar-refractivity contribution is 4.98. The zero-order valence-electron chi connectivity index (χ0n) is 8.48. The van der Waals surface area contributed by atoms with Crippen LogP contribution in [0.5, 0.6) is 0 Å². The highest BCUT2D eigenvalue weighted by atomic mass is 14.5. The third-order valence-corrected chi connectivity index (χ3v) is 3.54. The lowest BCUT2D eigenvalue weighted by Gasteiger charge is -2.15. The molecule has 0 aliphatic heterocycles. The minimum absolute atomic E-state index is 0.740. The van der Waals surface area contributed by atoms with E-state index in [1.165, 1.54) is 25.7 Å². The van der Waals surface area contributed by atoms with E-state index in [1.54, 1.807) is 0 Å². The van der Waals surface area contributed by atoms with E-state index < -0.39 is 0 Å². The molecule has 0 aromatic rings. The highest BCUT2D eigenvalue weighted by Gasteiger charge is 2.48. The predicted molar refractivity (Wildman–Crippen MR) is 50.6 cm³/mol. The van der Waals surface area contributed by atoms with Gasteiger partial charge in [-0.3, -0.25) is 0 Å². The minimum atomic E-state index is 0.740. The molecule has 0 heteroatoms. The van der Waals surface area contributed by atoms with Gasteiger partial charge in [-0.05, 0) is 30.1 Å². The maximum atomic E-state index is 2.47. The van der Waals surface area contributed by atoms with Gasteiger partial charge >= 0.3 is 0 Å². The molecule has 1 aliphatic carbocycles. The van der Waals surface area contributed by atoms with Crippen molar-refractivity contribution in [1.82, 2.24) is 0 Å². The average Bonchev–Trinajstić information content (AvgIpc) is 2.61. The Balaban J connectivity index is 2.27. The lowest BCUT2D eigenvalue weighted by atomic mass is 9.91. The maximum Gasteiger partial charge on any atom is -0.0292 e. The molecule has 0 aromatic heterocycles. The Hall–Kier alpha value is 0. The lowest BCUT2D eigenvalue weighted by Crippen LogP contribution is -2.04. The molecule has 0 spiro atoms. The van der Waals surface area contributed by atoms with Crippen LogP contribution in [-0.2, 0) is 0 Å². The van der Waals surface area contributed by atoms with Crippen molar-refractivity contribution < 1.29 is 0 Å². The quantitative estimate of drug-likeness (QED) is 0.577. The van der Waals surface area contributed by atoms with Crippen molar-refractivity contribution in [2.45, 2.75) is 53.4 Å². The van der Waals surface area contributed by atoms with Crippen LogP contribution in [0.15, 0.2) is 0 Å². The molecule has 0 bridgehead atoms. The summed E-state index contributed by atoms with van der Waals surface area (Å²) in [5.74, 6) is 1.99. The zero-order chi connectivity index (χ0) is 8.48. The second kappa shape index (κ2) is 3.16. The molecule has 1 fully saturated rings. The molecule has 0 heterocycles. The van der Waals surface area contributed by atoms with Crippen molar-refractivity contribution in [2.24, 2.45) is 17.3 Å². The van der Waals surface area contributed by atoms with Gasteiger partial charge in [0.25, 0.3) is 0 Å². The summed E-state index contributed by atoms with van der Waals surface area (Å²) in [4.78, 5) is 0. The van der Waals surface area contributed by atoms with E-state index in [1.807, 2.05) is 0 Å². The Morgan fingerprint density at radius 3 is 2.45 bits per heavy atom. The van der Waals surface area contributed by atoms with Crippen LogP contribution in [0.3, 0.4) is 0 Å². The minimum Gasteiger partial charge on any atom is -0.0651 e. The molecule has 3 atom stereocenters. The first kappa shape index (κ1) is 9.09. The summed E-state index contributed by atoms with van der Waals surface area (Å²) in [5, 5.41) is 0. The number of rotatable bonds is 4. The first-order chi connectivity index (χ1) is 5.12. The van der Waals surface area contributed by atoms with Crippen molar-refractivity contribution in [1.29, 1.82) is 0 Å². The van der Waals surface area contributed by atoms with Crippen LogP contribution in [0.1, 0.15) is 53.4 Å². The fraction of sp³-hybridized carbons (Fsp3) is 1.00. The van der Waals surface area contributed by atoms with Gasteiger partial charge in [-0.1, -0.05) is 40.5 Å². The molecule has 0 nitrogen and oxygen atoms in total. The largest absolute Gasteiger partial charge is 0.0651 e.